The fourth-order valence-electron chi connectivity index (χ4n) is 2.22. The molecule has 0 saturated carbocycles. The molecular formula is C11H15N5. The topological polar surface area (TPSA) is 55.1 Å². The molecular weight excluding hydrogens is 202 g/mol. The Morgan fingerprint density at radius 1 is 1.50 bits per heavy atom. The van der Waals surface area contributed by atoms with Crippen molar-refractivity contribution in [3.05, 3.63) is 23.9 Å². The fourth-order valence-corrected chi connectivity index (χ4v) is 2.22. The van der Waals surface area contributed by atoms with E-state index in [2.05, 4.69) is 20.5 Å². The van der Waals surface area contributed by atoms with E-state index in [4.69, 9.17) is 0 Å². The van der Waals surface area contributed by atoms with Crippen LogP contribution in [-0.4, -0.2) is 32.7 Å². The van der Waals surface area contributed by atoms with Crippen molar-refractivity contribution >= 4 is 5.65 Å². The quantitative estimate of drug-likeness (QED) is 0.799. The minimum atomic E-state index is 0.689. The van der Waals surface area contributed by atoms with Gasteiger partial charge in [0.2, 0.25) is 0 Å². The van der Waals surface area contributed by atoms with E-state index in [0.717, 1.165) is 36.7 Å². The van der Waals surface area contributed by atoms with Crippen molar-refractivity contribution in [1.29, 1.82) is 0 Å². The molecule has 1 aliphatic heterocycles. The van der Waals surface area contributed by atoms with Crippen LogP contribution >= 0.6 is 0 Å². The molecule has 0 spiro atoms. The van der Waals surface area contributed by atoms with Crippen molar-refractivity contribution < 1.29 is 0 Å². The van der Waals surface area contributed by atoms with Gasteiger partial charge in [0.15, 0.2) is 5.65 Å². The van der Waals surface area contributed by atoms with Crippen LogP contribution in [-0.2, 0) is 6.42 Å². The van der Waals surface area contributed by atoms with Crippen molar-refractivity contribution in [3.63, 3.8) is 0 Å². The summed E-state index contributed by atoms with van der Waals surface area (Å²) >= 11 is 0. The highest BCUT2D eigenvalue weighted by Crippen LogP contribution is 2.14. The molecule has 5 nitrogen and oxygen atoms in total. The summed E-state index contributed by atoms with van der Waals surface area (Å²) in [6, 6.07) is 1.96. The van der Waals surface area contributed by atoms with E-state index in [9.17, 15) is 0 Å². The predicted octanol–water partition coefficient (Wildman–Crippen LogP) is 0.585. The number of rotatable bonds is 2. The monoisotopic (exact) mass is 217 g/mol. The lowest BCUT2D eigenvalue weighted by Crippen LogP contribution is -2.12. The van der Waals surface area contributed by atoms with Crippen LogP contribution in [0, 0.1) is 12.8 Å². The third-order valence-corrected chi connectivity index (χ3v) is 3.14. The molecule has 3 heterocycles. The maximum atomic E-state index is 4.28. The van der Waals surface area contributed by atoms with Crippen LogP contribution in [0.4, 0.5) is 0 Å². The molecule has 1 saturated heterocycles. The molecule has 3 rings (SSSR count). The summed E-state index contributed by atoms with van der Waals surface area (Å²) in [5.41, 5.74) is 1.88. The van der Waals surface area contributed by atoms with Gasteiger partial charge in [-0.25, -0.2) is 4.98 Å². The first-order valence-corrected chi connectivity index (χ1v) is 5.70. The molecule has 1 unspecified atom stereocenters. The normalized spacial score (nSPS) is 20.7. The Morgan fingerprint density at radius 2 is 2.44 bits per heavy atom. The molecule has 2 aromatic rings. The molecule has 2 aromatic heterocycles. The van der Waals surface area contributed by atoms with Gasteiger partial charge >= 0.3 is 0 Å². The highest BCUT2D eigenvalue weighted by molar-refractivity contribution is 5.38. The Kier molecular flexibility index (Phi) is 2.32. The number of aryl methyl sites for hydroxylation is 1. The molecule has 0 aromatic carbocycles. The maximum Gasteiger partial charge on any atom is 0.163 e. The van der Waals surface area contributed by atoms with Gasteiger partial charge in [0.1, 0.15) is 12.2 Å². The second-order valence-corrected chi connectivity index (χ2v) is 4.44. The molecule has 0 bridgehead atoms. The average Bonchev–Trinajstić information content (AvgIpc) is 2.89. The summed E-state index contributed by atoms with van der Waals surface area (Å²) in [5, 5.41) is 11.8. The van der Waals surface area contributed by atoms with E-state index < -0.39 is 0 Å². The van der Waals surface area contributed by atoms with Crippen LogP contribution in [0.5, 0.6) is 0 Å². The number of nitrogens with one attached hydrogen (secondary N) is 1. The first-order valence-electron chi connectivity index (χ1n) is 5.70. The molecule has 1 N–H and O–H groups in total. The molecule has 0 amide bonds. The van der Waals surface area contributed by atoms with E-state index >= 15 is 0 Å². The van der Waals surface area contributed by atoms with Gasteiger partial charge in [-0.2, -0.15) is 0 Å². The molecule has 0 aliphatic carbocycles. The maximum absolute atomic E-state index is 4.28. The Morgan fingerprint density at radius 3 is 3.25 bits per heavy atom. The number of nitrogens with zero attached hydrogens (tertiary/aromatic N) is 4. The van der Waals surface area contributed by atoms with Crippen molar-refractivity contribution in [2.24, 2.45) is 5.92 Å². The van der Waals surface area contributed by atoms with Crippen LogP contribution < -0.4 is 5.32 Å². The van der Waals surface area contributed by atoms with Crippen LogP contribution in [0.25, 0.3) is 5.65 Å². The van der Waals surface area contributed by atoms with Crippen molar-refractivity contribution in [2.75, 3.05) is 13.1 Å². The summed E-state index contributed by atoms with van der Waals surface area (Å²) < 4.78 is 1.99. The van der Waals surface area contributed by atoms with Crippen LogP contribution in [0.2, 0.25) is 0 Å². The molecule has 84 valence electrons. The van der Waals surface area contributed by atoms with E-state index in [1.54, 1.807) is 0 Å². The van der Waals surface area contributed by atoms with Gasteiger partial charge < -0.3 is 5.32 Å². The largest absolute Gasteiger partial charge is 0.316 e. The number of hydrogen-bond donors (Lipinski definition) is 1. The number of hydrogen-bond acceptors (Lipinski definition) is 4. The summed E-state index contributed by atoms with van der Waals surface area (Å²) in [7, 11) is 0. The van der Waals surface area contributed by atoms with Crippen molar-refractivity contribution in [1.82, 2.24) is 24.9 Å². The lowest BCUT2D eigenvalue weighted by atomic mass is 10.1. The van der Waals surface area contributed by atoms with Gasteiger partial charge in [-0.15, -0.1) is 10.2 Å². The Bertz CT molecular complexity index is 498. The fraction of sp³-hybridized carbons (Fsp3) is 0.545. The first-order chi connectivity index (χ1) is 7.83. The zero-order valence-corrected chi connectivity index (χ0v) is 9.35. The second-order valence-electron chi connectivity index (χ2n) is 4.44. The standard InChI is InChI=1S/C11H15N5/c1-8-4-10-14-15-11(16(10)7-13-8)5-9-2-3-12-6-9/h4,7,9,12H,2-3,5-6H2,1H3. The van der Waals surface area contributed by atoms with Gasteiger partial charge in [0.05, 0.1) is 0 Å². The van der Waals surface area contributed by atoms with Gasteiger partial charge in [0, 0.05) is 18.2 Å². The van der Waals surface area contributed by atoms with Gasteiger partial charge in [-0.05, 0) is 32.4 Å². The van der Waals surface area contributed by atoms with Gasteiger partial charge in [-0.1, -0.05) is 0 Å². The Hall–Kier alpha value is -1.49. The minimum absolute atomic E-state index is 0.689. The summed E-state index contributed by atoms with van der Waals surface area (Å²) in [4.78, 5) is 4.28. The van der Waals surface area contributed by atoms with Gasteiger partial charge in [-0.3, -0.25) is 4.40 Å². The molecule has 1 atom stereocenters. The zero-order chi connectivity index (χ0) is 11.0. The summed E-state index contributed by atoms with van der Waals surface area (Å²) in [5.74, 6) is 1.71. The molecule has 5 heteroatoms. The Labute approximate surface area is 93.9 Å². The van der Waals surface area contributed by atoms with Crippen LogP contribution in [0.15, 0.2) is 12.4 Å². The van der Waals surface area contributed by atoms with Crippen LogP contribution in [0.3, 0.4) is 0 Å². The van der Waals surface area contributed by atoms with E-state index in [-0.39, 0.29) is 0 Å². The van der Waals surface area contributed by atoms with E-state index in [0.29, 0.717) is 5.92 Å². The second kappa shape index (κ2) is 3.83. The number of fused-ring (bicyclic) bond motifs is 1. The third-order valence-electron chi connectivity index (χ3n) is 3.14. The third kappa shape index (κ3) is 1.67. The predicted molar refractivity (Wildman–Crippen MR) is 60.2 cm³/mol. The molecule has 16 heavy (non-hydrogen) atoms. The first kappa shape index (κ1) is 9.72. The summed E-state index contributed by atoms with van der Waals surface area (Å²) in [6.07, 6.45) is 4.04. The Balaban J connectivity index is 1.91. The lowest BCUT2D eigenvalue weighted by molar-refractivity contribution is 0.557. The average molecular weight is 217 g/mol. The van der Waals surface area contributed by atoms with E-state index in [1.807, 2.05) is 23.7 Å². The molecule has 1 aliphatic rings. The van der Waals surface area contributed by atoms with Crippen LogP contribution in [0.1, 0.15) is 17.9 Å². The van der Waals surface area contributed by atoms with Gasteiger partial charge in [0.25, 0.3) is 0 Å². The summed E-state index contributed by atoms with van der Waals surface area (Å²) in [6.45, 7) is 4.18. The van der Waals surface area contributed by atoms with E-state index in [1.165, 1.54) is 6.42 Å². The number of aromatic nitrogens is 4. The molecule has 1 fully saturated rings. The zero-order valence-electron chi connectivity index (χ0n) is 9.35. The minimum Gasteiger partial charge on any atom is -0.316 e. The lowest BCUT2D eigenvalue weighted by Gasteiger charge is -2.05. The van der Waals surface area contributed by atoms with Crippen molar-refractivity contribution in [2.45, 2.75) is 19.8 Å². The molecule has 0 radical (unpaired) electrons. The SMILES string of the molecule is Cc1cc2nnc(CC3CCNC3)n2cn1. The smallest absolute Gasteiger partial charge is 0.163 e. The highest BCUT2D eigenvalue weighted by atomic mass is 15.3. The van der Waals surface area contributed by atoms with Crippen molar-refractivity contribution in [3.8, 4) is 0 Å². The highest BCUT2D eigenvalue weighted by Gasteiger charge is 2.17.